The number of rotatable bonds is 4. The van der Waals surface area contributed by atoms with E-state index in [4.69, 9.17) is 4.74 Å². The maximum atomic E-state index is 13.8. The van der Waals surface area contributed by atoms with Crippen molar-refractivity contribution in [3.63, 3.8) is 0 Å². The summed E-state index contributed by atoms with van der Waals surface area (Å²) in [6.45, 7) is 3.84. The monoisotopic (exact) mass is 336 g/mol. The van der Waals surface area contributed by atoms with Crippen molar-refractivity contribution in [1.29, 1.82) is 0 Å². The Labute approximate surface area is 139 Å². The van der Waals surface area contributed by atoms with E-state index < -0.39 is 5.67 Å². The zero-order chi connectivity index (χ0) is 16.1. The molecule has 1 saturated carbocycles. The lowest BCUT2D eigenvalue weighted by Gasteiger charge is -2.48. The number of alkyl halides is 1. The Kier molecular flexibility index (Phi) is 3.65. The van der Waals surface area contributed by atoms with E-state index in [-0.39, 0.29) is 16.8 Å². The first-order valence-electron chi connectivity index (χ1n) is 8.15. The molecule has 0 unspecified atom stereocenters. The normalized spacial score (nSPS) is 27.0. The second-order valence-corrected chi connectivity index (χ2v) is 8.52. The van der Waals surface area contributed by atoms with E-state index in [9.17, 15) is 9.18 Å². The van der Waals surface area contributed by atoms with Crippen LogP contribution in [0, 0.1) is 6.92 Å². The lowest BCUT2D eigenvalue weighted by molar-refractivity contribution is -0.144. The largest absolute Gasteiger partial charge is 0.371 e. The lowest BCUT2D eigenvalue weighted by atomic mass is 9.92. The number of likely N-dealkylation sites (tertiary alicyclic amines) is 1. The molecule has 3 fully saturated rings. The molecule has 4 rings (SSSR count). The van der Waals surface area contributed by atoms with Crippen molar-refractivity contribution in [2.75, 3.05) is 18.8 Å². The highest BCUT2D eigenvalue weighted by atomic mass is 32.2. The number of pyridine rings is 1. The number of thioether (sulfide) groups is 1. The Bertz CT molecular complexity index is 629. The minimum Gasteiger partial charge on any atom is -0.371 e. The van der Waals surface area contributed by atoms with Crippen LogP contribution in [-0.2, 0) is 16.1 Å². The van der Waals surface area contributed by atoms with Crippen LogP contribution in [0.1, 0.15) is 30.7 Å². The molecular formula is C17H21FN2O2S. The summed E-state index contributed by atoms with van der Waals surface area (Å²) in [5.74, 6) is 0.645. The molecule has 2 saturated heterocycles. The molecule has 1 amide bonds. The number of halogens is 1. The van der Waals surface area contributed by atoms with E-state index in [1.54, 1.807) is 4.90 Å². The van der Waals surface area contributed by atoms with Crippen molar-refractivity contribution in [3.05, 3.63) is 29.6 Å². The molecule has 6 heteroatoms. The van der Waals surface area contributed by atoms with Crippen LogP contribution in [0.4, 0.5) is 4.39 Å². The molecule has 0 radical (unpaired) electrons. The van der Waals surface area contributed by atoms with Gasteiger partial charge in [0.05, 0.1) is 23.2 Å². The number of carbonyl (C=O) groups excluding carboxylic acids is 1. The molecule has 0 aromatic carbocycles. The van der Waals surface area contributed by atoms with Gasteiger partial charge in [-0.2, -0.15) is 0 Å². The van der Waals surface area contributed by atoms with Gasteiger partial charge in [0.1, 0.15) is 0 Å². The average molecular weight is 336 g/mol. The van der Waals surface area contributed by atoms with E-state index in [0.29, 0.717) is 32.5 Å². The van der Waals surface area contributed by atoms with E-state index >= 15 is 0 Å². The summed E-state index contributed by atoms with van der Waals surface area (Å²) in [7, 11) is 0. The predicted octanol–water partition coefficient (Wildman–Crippen LogP) is 2.50. The fraction of sp³-hybridized carbons (Fsp3) is 0.647. The Hall–Kier alpha value is -1.14. The first kappa shape index (κ1) is 15.4. The van der Waals surface area contributed by atoms with Crippen molar-refractivity contribution >= 4 is 17.7 Å². The Morgan fingerprint density at radius 2 is 2.26 bits per heavy atom. The molecular weight excluding hydrogens is 315 g/mol. The number of nitrogens with zero attached hydrogens (tertiary/aromatic N) is 2. The third-order valence-corrected chi connectivity index (χ3v) is 6.48. The maximum Gasteiger partial charge on any atom is 0.260 e. The Morgan fingerprint density at radius 1 is 1.48 bits per heavy atom. The maximum absolute atomic E-state index is 13.8. The Balaban J connectivity index is 1.26. The van der Waals surface area contributed by atoms with Gasteiger partial charge in [-0.05, 0) is 38.3 Å². The van der Waals surface area contributed by atoms with Crippen LogP contribution >= 0.6 is 11.8 Å². The highest BCUT2D eigenvalue weighted by molar-refractivity contribution is 8.01. The first-order valence-corrected chi connectivity index (χ1v) is 9.13. The number of amides is 1. The quantitative estimate of drug-likeness (QED) is 0.847. The molecule has 1 aromatic heterocycles. The molecule has 2 aliphatic heterocycles. The molecule has 1 atom stereocenters. The van der Waals surface area contributed by atoms with Gasteiger partial charge in [-0.15, -0.1) is 11.8 Å². The Morgan fingerprint density at radius 3 is 2.96 bits per heavy atom. The highest BCUT2D eigenvalue weighted by Crippen LogP contribution is 2.49. The third-order valence-electron chi connectivity index (χ3n) is 4.91. The van der Waals surface area contributed by atoms with E-state index in [1.165, 1.54) is 0 Å². The summed E-state index contributed by atoms with van der Waals surface area (Å²) in [4.78, 5) is 18.1. The van der Waals surface area contributed by atoms with Gasteiger partial charge in [0, 0.05) is 24.5 Å². The van der Waals surface area contributed by atoms with E-state index in [0.717, 1.165) is 23.6 Å². The number of hydrogen-bond donors (Lipinski definition) is 0. The molecule has 4 nitrogen and oxygen atoms in total. The van der Waals surface area contributed by atoms with Crippen LogP contribution in [-0.4, -0.2) is 51.2 Å². The number of carbonyl (C=O) groups is 1. The molecule has 3 heterocycles. The van der Waals surface area contributed by atoms with Crippen molar-refractivity contribution in [2.45, 2.75) is 49.3 Å². The van der Waals surface area contributed by atoms with Crippen LogP contribution in [0.15, 0.2) is 18.2 Å². The van der Waals surface area contributed by atoms with Crippen LogP contribution in [0.3, 0.4) is 0 Å². The van der Waals surface area contributed by atoms with Crippen molar-refractivity contribution in [2.24, 2.45) is 0 Å². The van der Waals surface area contributed by atoms with Crippen LogP contribution in [0.25, 0.3) is 0 Å². The van der Waals surface area contributed by atoms with Crippen molar-refractivity contribution in [3.8, 4) is 0 Å². The number of aromatic nitrogens is 1. The van der Waals surface area contributed by atoms with Gasteiger partial charge in [0.2, 0.25) is 0 Å². The summed E-state index contributed by atoms with van der Waals surface area (Å²) < 4.78 is 19.9. The molecule has 3 aliphatic rings. The van der Waals surface area contributed by atoms with E-state index in [1.807, 2.05) is 36.9 Å². The van der Waals surface area contributed by atoms with Crippen LogP contribution in [0.5, 0.6) is 0 Å². The fourth-order valence-corrected chi connectivity index (χ4v) is 4.96. The predicted molar refractivity (Wildman–Crippen MR) is 87.0 cm³/mol. The topological polar surface area (TPSA) is 42.4 Å². The smallest absolute Gasteiger partial charge is 0.260 e. The van der Waals surface area contributed by atoms with Crippen molar-refractivity contribution < 1.29 is 13.9 Å². The van der Waals surface area contributed by atoms with Crippen LogP contribution < -0.4 is 0 Å². The third kappa shape index (κ3) is 2.98. The summed E-state index contributed by atoms with van der Waals surface area (Å²) >= 11 is 1.87. The van der Waals surface area contributed by atoms with Gasteiger partial charge >= 0.3 is 0 Å². The first-order chi connectivity index (χ1) is 11.0. The number of ether oxygens (including phenoxy) is 1. The van der Waals surface area contributed by atoms with E-state index in [2.05, 4.69) is 4.98 Å². The molecule has 1 aliphatic carbocycles. The molecule has 23 heavy (non-hydrogen) atoms. The fourth-order valence-electron chi connectivity index (χ4n) is 3.41. The summed E-state index contributed by atoms with van der Waals surface area (Å²) in [5.41, 5.74) is 0.420. The number of aryl methyl sites for hydroxylation is 1. The zero-order valence-corrected chi connectivity index (χ0v) is 14.1. The van der Waals surface area contributed by atoms with Crippen LogP contribution in [0.2, 0.25) is 0 Å². The minimum absolute atomic E-state index is 0.0889. The second-order valence-electron chi connectivity index (χ2n) is 7.03. The SMILES string of the molecule is Cc1cccc(CO[C@H]2CSC3(C2)CN(C(=O)C2(F)CC2)C3)n1. The zero-order valence-electron chi connectivity index (χ0n) is 13.3. The molecule has 0 N–H and O–H groups in total. The molecule has 1 spiro atoms. The molecule has 124 valence electrons. The molecule has 0 bridgehead atoms. The average Bonchev–Trinajstić information content (AvgIpc) is 3.10. The molecule has 1 aromatic rings. The second kappa shape index (κ2) is 5.45. The lowest BCUT2D eigenvalue weighted by Crippen LogP contribution is -2.62. The van der Waals surface area contributed by atoms with Gasteiger partial charge in [0.25, 0.3) is 5.91 Å². The van der Waals surface area contributed by atoms with Gasteiger partial charge < -0.3 is 9.64 Å². The minimum atomic E-state index is -1.53. The van der Waals surface area contributed by atoms with Crippen molar-refractivity contribution in [1.82, 2.24) is 9.88 Å². The van der Waals surface area contributed by atoms with Gasteiger partial charge in [0.15, 0.2) is 5.67 Å². The van der Waals surface area contributed by atoms with Gasteiger partial charge in [-0.25, -0.2) is 4.39 Å². The standard InChI is InChI=1S/C17H21FN2O2S/c1-12-3-2-4-13(19-12)8-22-14-7-16(23-9-14)10-20(11-16)15(21)17(18)5-6-17/h2-4,14H,5-11H2,1H3/t14-/m1/s1. The van der Waals surface area contributed by atoms with Gasteiger partial charge in [-0.1, -0.05) is 6.07 Å². The summed E-state index contributed by atoms with van der Waals surface area (Å²) in [5, 5.41) is 0. The van der Waals surface area contributed by atoms with Gasteiger partial charge in [-0.3, -0.25) is 9.78 Å². The summed E-state index contributed by atoms with van der Waals surface area (Å²) in [6, 6.07) is 5.94. The highest BCUT2D eigenvalue weighted by Gasteiger charge is 2.58. The number of hydrogen-bond acceptors (Lipinski definition) is 4. The summed E-state index contributed by atoms with van der Waals surface area (Å²) in [6.07, 6.45) is 1.93.